The largest absolute Gasteiger partial charge is 0.454 e. The molecule has 0 atom stereocenters. The van der Waals surface area contributed by atoms with Gasteiger partial charge in [-0.15, -0.1) is 0 Å². The van der Waals surface area contributed by atoms with Crippen LogP contribution in [-0.2, 0) is 4.74 Å². The number of nitrogens with zero attached hydrogens (tertiary/aromatic N) is 2. The number of hydrogen-bond donors (Lipinski definition) is 0. The standard InChI is InChI=1S/C24H15ClN2O5/c25-19-11-10-16(12-22(19)27(30)31)23(28)14-32-24(29)18-13-21(15-6-2-1-3-7-15)26-20-9-5-4-8-17(18)20/h1-13H,14H2. The SMILES string of the molecule is O=C(COC(=O)c1cc(-c2ccccc2)nc2ccccc12)c1ccc(Cl)c([N+](=O)[O-])c1. The molecule has 0 unspecified atom stereocenters. The molecule has 7 nitrogen and oxygen atoms in total. The van der Waals surface area contributed by atoms with Gasteiger partial charge in [-0.2, -0.15) is 0 Å². The number of aromatic nitrogens is 1. The van der Waals surface area contributed by atoms with Crippen molar-refractivity contribution in [2.75, 3.05) is 6.61 Å². The third-order valence-electron chi connectivity index (χ3n) is 4.80. The van der Waals surface area contributed by atoms with E-state index in [-0.39, 0.29) is 16.1 Å². The van der Waals surface area contributed by atoms with Crippen molar-refractivity contribution in [1.29, 1.82) is 0 Å². The summed E-state index contributed by atoms with van der Waals surface area (Å²) in [6, 6.07) is 21.8. The Morgan fingerprint density at radius 3 is 2.44 bits per heavy atom. The Morgan fingerprint density at radius 2 is 1.69 bits per heavy atom. The zero-order valence-corrected chi connectivity index (χ0v) is 17.3. The number of hydrogen-bond acceptors (Lipinski definition) is 6. The van der Waals surface area contributed by atoms with Gasteiger partial charge >= 0.3 is 5.97 Å². The number of ether oxygens (including phenoxy) is 1. The molecule has 0 amide bonds. The summed E-state index contributed by atoms with van der Waals surface area (Å²) >= 11 is 5.78. The van der Waals surface area contributed by atoms with E-state index in [0.29, 0.717) is 16.6 Å². The van der Waals surface area contributed by atoms with Gasteiger partial charge in [0.15, 0.2) is 6.61 Å². The third kappa shape index (κ3) is 4.33. The predicted molar refractivity (Wildman–Crippen MR) is 120 cm³/mol. The number of benzene rings is 3. The fourth-order valence-corrected chi connectivity index (χ4v) is 3.41. The van der Waals surface area contributed by atoms with Gasteiger partial charge in [0.25, 0.3) is 5.69 Å². The Morgan fingerprint density at radius 1 is 0.969 bits per heavy atom. The first kappa shape index (κ1) is 21.1. The minimum atomic E-state index is -0.697. The van der Waals surface area contributed by atoms with Gasteiger partial charge in [-0.05, 0) is 24.3 Å². The molecular formula is C24H15ClN2O5. The zero-order chi connectivity index (χ0) is 22.7. The Kier molecular flexibility index (Phi) is 5.91. The van der Waals surface area contributed by atoms with Crippen LogP contribution in [0.5, 0.6) is 0 Å². The van der Waals surface area contributed by atoms with E-state index in [9.17, 15) is 19.7 Å². The van der Waals surface area contributed by atoms with Crippen molar-refractivity contribution in [1.82, 2.24) is 4.98 Å². The second-order valence-electron chi connectivity index (χ2n) is 6.86. The summed E-state index contributed by atoms with van der Waals surface area (Å²) in [4.78, 5) is 40.3. The molecule has 3 aromatic carbocycles. The van der Waals surface area contributed by atoms with E-state index >= 15 is 0 Å². The van der Waals surface area contributed by atoms with Crippen LogP contribution in [0.3, 0.4) is 0 Å². The molecule has 0 radical (unpaired) electrons. The lowest BCUT2D eigenvalue weighted by Gasteiger charge is -2.10. The minimum absolute atomic E-state index is 0.0264. The Labute approximate surface area is 187 Å². The molecule has 1 aromatic heterocycles. The highest BCUT2D eigenvalue weighted by molar-refractivity contribution is 6.32. The number of halogens is 1. The van der Waals surface area contributed by atoms with Gasteiger partial charge in [0.2, 0.25) is 5.78 Å². The molecule has 0 aliphatic carbocycles. The van der Waals surface area contributed by atoms with Crippen LogP contribution in [-0.4, -0.2) is 28.3 Å². The normalized spacial score (nSPS) is 10.7. The second-order valence-corrected chi connectivity index (χ2v) is 7.27. The van der Waals surface area contributed by atoms with Crippen LogP contribution >= 0.6 is 11.6 Å². The number of rotatable bonds is 6. The van der Waals surface area contributed by atoms with Crippen LogP contribution in [0.4, 0.5) is 5.69 Å². The number of carbonyl (C=O) groups is 2. The summed E-state index contributed by atoms with van der Waals surface area (Å²) in [5, 5.41) is 11.5. The highest BCUT2D eigenvalue weighted by atomic mass is 35.5. The number of carbonyl (C=O) groups excluding carboxylic acids is 2. The molecule has 0 saturated carbocycles. The first-order valence-corrected chi connectivity index (χ1v) is 9.91. The van der Waals surface area contributed by atoms with E-state index < -0.39 is 29.0 Å². The van der Waals surface area contributed by atoms with E-state index in [0.717, 1.165) is 11.6 Å². The number of nitro groups is 1. The Balaban J connectivity index is 1.61. The summed E-state index contributed by atoms with van der Waals surface area (Å²) in [7, 11) is 0. The molecule has 0 fully saturated rings. The number of esters is 1. The molecule has 32 heavy (non-hydrogen) atoms. The van der Waals surface area contributed by atoms with Gasteiger partial charge in [-0.3, -0.25) is 14.9 Å². The van der Waals surface area contributed by atoms with Gasteiger partial charge in [0.05, 0.1) is 21.7 Å². The molecule has 0 bridgehead atoms. The number of nitro benzene ring substituents is 1. The monoisotopic (exact) mass is 446 g/mol. The lowest BCUT2D eigenvalue weighted by molar-refractivity contribution is -0.384. The van der Waals surface area contributed by atoms with Gasteiger partial charge in [0, 0.05) is 22.6 Å². The first-order valence-electron chi connectivity index (χ1n) is 9.53. The zero-order valence-electron chi connectivity index (χ0n) is 16.5. The van der Waals surface area contributed by atoms with Crippen molar-refractivity contribution in [3.05, 3.63) is 105 Å². The lowest BCUT2D eigenvalue weighted by Crippen LogP contribution is -2.15. The highest BCUT2D eigenvalue weighted by Gasteiger charge is 2.19. The van der Waals surface area contributed by atoms with Crippen molar-refractivity contribution in [2.45, 2.75) is 0 Å². The van der Waals surface area contributed by atoms with Gasteiger partial charge in [-0.1, -0.05) is 60.1 Å². The maximum absolute atomic E-state index is 12.9. The maximum Gasteiger partial charge on any atom is 0.339 e. The van der Waals surface area contributed by atoms with E-state index in [1.807, 2.05) is 36.4 Å². The predicted octanol–water partition coefficient (Wildman–Crippen LogP) is 5.50. The smallest absolute Gasteiger partial charge is 0.339 e. The molecule has 4 aromatic rings. The molecule has 4 rings (SSSR count). The Hall–Kier alpha value is -4.10. The fraction of sp³-hybridized carbons (Fsp3) is 0.0417. The van der Waals surface area contributed by atoms with E-state index in [1.54, 1.807) is 24.3 Å². The molecule has 158 valence electrons. The van der Waals surface area contributed by atoms with E-state index in [4.69, 9.17) is 16.3 Å². The van der Waals surface area contributed by atoms with Gasteiger partial charge in [0.1, 0.15) is 5.02 Å². The minimum Gasteiger partial charge on any atom is -0.454 e. The summed E-state index contributed by atoms with van der Waals surface area (Å²) in [6.07, 6.45) is 0. The summed E-state index contributed by atoms with van der Waals surface area (Å²) in [5.74, 6) is -1.28. The van der Waals surface area contributed by atoms with Crippen molar-refractivity contribution in [3.8, 4) is 11.3 Å². The summed E-state index contributed by atoms with van der Waals surface area (Å²) in [6.45, 7) is -0.574. The quantitative estimate of drug-likeness (QED) is 0.168. The number of pyridine rings is 1. The van der Waals surface area contributed by atoms with Crippen LogP contribution in [0.15, 0.2) is 78.9 Å². The van der Waals surface area contributed by atoms with Gasteiger partial charge < -0.3 is 4.74 Å². The first-order chi connectivity index (χ1) is 15.4. The summed E-state index contributed by atoms with van der Waals surface area (Å²) < 4.78 is 5.25. The second kappa shape index (κ2) is 8.95. The van der Waals surface area contributed by atoms with Crippen LogP contribution < -0.4 is 0 Å². The summed E-state index contributed by atoms with van der Waals surface area (Å²) in [5.41, 5.74) is 1.94. The lowest BCUT2D eigenvalue weighted by atomic mass is 10.0. The third-order valence-corrected chi connectivity index (χ3v) is 5.12. The molecule has 0 spiro atoms. The number of ketones is 1. The van der Waals surface area contributed by atoms with Crippen LogP contribution in [0, 0.1) is 10.1 Å². The topological polar surface area (TPSA) is 99.4 Å². The van der Waals surface area contributed by atoms with Crippen molar-refractivity contribution >= 4 is 39.9 Å². The molecule has 1 heterocycles. The maximum atomic E-state index is 12.9. The average molecular weight is 447 g/mol. The van der Waals surface area contributed by atoms with Crippen LogP contribution in [0.25, 0.3) is 22.2 Å². The fourth-order valence-electron chi connectivity index (χ4n) is 3.22. The molecule has 0 aliphatic heterocycles. The molecule has 8 heteroatoms. The number of fused-ring (bicyclic) bond motifs is 1. The van der Waals surface area contributed by atoms with Crippen molar-refractivity contribution in [3.63, 3.8) is 0 Å². The van der Waals surface area contributed by atoms with Crippen molar-refractivity contribution < 1.29 is 19.2 Å². The van der Waals surface area contributed by atoms with Crippen molar-refractivity contribution in [2.24, 2.45) is 0 Å². The molecule has 0 N–H and O–H groups in total. The van der Waals surface area contributed by atoms with E-state index in [1.165, 1.54) is 12.1 Å². The molecule has 0 saturated heterocycles. The number of para-hydroxylation sites is 1. The van der Waals surface area contributed by atoms with Crippen LogP contribution in [0.1, 0.15) is 20.7 Å². The van der Waals surface area contributed by atoms with E-state index in [2.05, 4.69) is 4.98 Å². The average Bonchev–Trinajstić information content (AvgIpc) is 2.82. The Bertz CT molecular complexity index is 1360. The molecular weight excluding hydrogens is 432 g/mol. The molecule has 0 aliphatic rings. The highest BCUT2D eigenvalue weighted by Crippen LogP contribution is 2.27. The van der Waals surface area contributed by atoms with Gasteiger partial charge in [-0.25, -0.2) is 9.78 Å². The number of Topliss-reactive ketones (excluding diaryl/α,β-unsaturated/α-hetero) is 1. The van der Waals surface area contributed by atoms with Crippen LogP contribution in [0.2, 0.25) is 5.02 Å².